The number of nitrogens with one attached hydrogen (secondary N) is 1. The van der Waals surface area contributed by atoms with Crippen LogP contribution in [0.1, 0.15) is 34.1 Å². The summed E-state index contributed by atoms with van der Waals surface area (Å²) in [6, 6.07) is 11.2. The third-order valence-corrected chi connectivity index (χ3v) is 4.43. The van der Waals surface area contributed by atoms with E-state index in [-0.39, 0.29) is 25.5 Å². The smallest absolute Gasteiger partial charge is 0.435 e. The van der Waals surface area contributed by atoms with Crippen molar-refractivity contribution >= 4 is 5.91 Å². The van der Waals surface area contributed by atoms with Crippen LogP contribution >= 0.6 is 0 Å². The number of carbonyl (C=O) groups is 1. The fourth-order valence-electron chi connectivity index (χ4n) is 2.80. The average molecular weight is 437 g/mol. The Morgan fingerprint density at radius 3 is 2.52 bits per heavy atom. The fraction of sp³-hybridized carbons (Fsp3) is 0.333. The van der Waals surface area contributed by atoms with Crippen molar-refractivity contribution in [2.24, 2.45) is 0 Å². The van der Waals surface area contributed by atoms with E-state index in [0.717, 1.165) is 6.07 Å². The Hall–Kier alpha value is -3.43. The van der Waals surface area contributed by atoms with E-state index < -0.39 is 17.8 Å². The Morgan fingerprint density at radius 1 is 1.16 bits per heavy atom. The second-order valence-corrected chi connectivity index (χ2v) is 6.73. The number of aromatic nitrogens is 2. The van der Waals surface area contributed by atoms with Crippen molar-refractivity contribution < 1.29 is 31.9 Å². The lowest BCUT2D eigenvalue weighted by Crippen LogP contribution is -2.25. The molecule has 166 valence electrons. The van der Waals surface area contributed by atoms with Crippen LogP contribution in [-0.2, 0) is 19.3 Å². The maximum atomic E-state index is 12.7. The summed E-state index contributed by atoms with van der Waals surface area (Å²) in [5.41, 5.74) is -0.514. The SMILES string of the molecule is COc1ccc(OCc2ccc(C(=O)NCCCn3nc(C(F)(F)F)cc3C)o2)cc1. The van der Waals surface area contributed by atoms with Crippen molar-refractivity contribution in [2.75, 3.05) is 13.7 Å². The Labute approximate surface area is 176 Å². The van der Waals surface area contributed by atoms with E-state index in [1.54, 1.807) is 44.4 Å². The maximum absolute atomic E-state index is 12.7. The number of benzene rings is 1. The lowest BCUT2D eigenvalue weighted by atomic mass is 10.3. The number of methoxy groups -OCH3 is 1. The summed E-state index contributed by atoms with van der Waals surface area (Å²) in [4.78, 5) is 12.2. The van der Waals surface area contributed by atoms with Crippen LogP contribution in [0, 0.1) is 6.92 Å². The highest BCUT2D eigenvalue weighted by molar-refractivity contribution is 5.91. The number of furan rings is 1. The molecule has 31 heavy (non-hydrogen) atoms. The molecule has 7 nitrogen and oxygen atoms in total. The molecule has 0 fully saturated rings. The highest BCUT2D eigenvalue weighted by atomic mass is 19.4. The molecule has 1 aromatic carbocycles. The second-order valence-electron chi connectivity index (χ2n) is 6.73. The first-order chi connectivity index (χ1) is 14.8. The maximum Gasteiger partial charge on any atom is 0.435 e. The minimum Gasteiger partial charge on any atom is -0.497 e. The molecule has 0 unspecified atom stereocenters. The van der Waals surface area contributed by atoms with Crippen LogP contribution in [0.4, 0.5) is 13.2 Å². The summed E-state index contributed by atoms with van der Waals surface area (Å²) in [6.07, 6.45) is -4.06. The van der Waals surface area contributed by atoms with Crippen molar-refractivity contribution in [1.82, 2.24) is 15.1 Å². The van der Waals surface area contributed by atoms with Crippen LogP contribution in [0.25, 0.3) is 0 Å². The quantitative estimate of drug-likeness (QED) is 0.508. The van der Waals surface area contributed by atoms with Crippen molar-refractivity contribution in [3.05, 3.63) is 65.4 Å². The van der Waals surface area contributed by atoms with Crippen LogP contribution in [0.5, 0.6) is 11.5 Å². The number of ether oxygens (including phenoxy) is 2. The number of hydrogen-bond donors (Lipinski definition) is 1. The highest BCUT2D eigenvalue weighted by Crippen LogP contribution is 2.28. The molecule has 0 aliphatic heterocycles. The van der Waals surface area contributed by atoms with Gasteiger partial charge in [0.25, 0.3) is 5.91 Å². The van der Waals surface area contributed by atoms with Crippen LogP contribution in [-0.4, -0.2) is 29.3 Å². The zero-order chi connectivity index (χ0) is 22.4. The summed E-state index contributed by atoms with van der Waals surface area (Å²) in [5.74, 6) is 1.54. The van der Waals surface area contributed by atoms with Crippen LogP contribution < -0.4 is 14.8 Å². The van der Waals surface area contributed by atoms with Gasteiger partial charge in [-0.15, -0.1) is 0 Å². The van der Waals surface area contributed by atoms with E-state index in [1.807, 2.05) is 0 Å². The topological polar surface area (TPSA) is 78.5 Å². The van der Waals surface area contributed by atoms with E-state index in [9.17, 15) is 18.0 Å². The zero-order valence-electron chi connectivity index (χ0n) is 17.0. The minimum atomic E-state index is -4.47. The molecule has 2 heterocycles. The normalized spacial score (nSPS) is 11.4. The van der Waals surface area contributed by atoms with E-state index in [0.29, 0.717) is 29.4 Å². The molecule has 0 spiro atoms. The summed E-state index contributed by atoms with van der Waals surface area (Å²) >= 11 is 0. The number of hydrogen-bond acceptors (Lipinski definition) is 5. The molecule has 1 amide bonds. The minimum absolute atomic E-state index is 0.128. The number of aryl methyl sites for hydroxylation is 2. The molecule has 2 aromatic heterocycles. The number of carbonyl (C=O) groups excluding carboxylic acids is 1. The molecule has 0 radical (unpaired) electrons. The first kappa shape index (κ1) is 22.3. The second kappa shape index (κ2) is 9.59. The summed E-state index contributed by atoms with van der Waals surface area (Å²) in [5, 5.41) is 6.23. The Kier molecular flexibility index (Phi) is 6.88. The van der Waals surface area contributed by atoms with Crippen molar-refractivity contribution in [1.29, 1.82) is 0 Å². The van der Waals surface area contributed by atoms with Gasteiger partial charge < -0.3 is 19.2 Å². The first-order valence-corrected chi connectivity index (χ1v) is 9.51. The van der Waals surface area contributed by atoms with Gasteiger partial charge >= 0.3 is 6.18 Å². The lowest BCUT2D eigenvalue weighted by Gasteiger charge is -2.06. The molecular weight excluding hydrogens is 415 g/mol. The van der Waals surface area contributed by atoms with E-state index in [2.05, 4.69) is 10.4 Å². The number of rotatable bonds is 9. The van der Waals surface area contributed by atoms with Crippen LogP contribution in [0.2, 0.25) is 0 Å². The molecule has 3 aromatic rings. The number of halogens is 3. The van der Waals surface area contributed by atoms with Crippen molar-refractivity contribution in [2.45, 2.75) is 32.7 Å². The molecule has 0 aliphatic carbocycles. The van der Waals surface area contributed by atoms with Gasteiger partial charge in [0.15, 0.2) is 11.5 Å². The third kappa shape index (κ3) is 6.03. The van der Waals surface area contributed by atoms with Gasteiger partial charge in [-0.25, -0.2) is 0 Å². The molecule has 1 N–H and O–H groups in total. The monoisotopic (exact) mass is 437 g/mol. The summed E-state index contributed by atoms with van der Waals surface area (Å²) in [7, 11) is 1.58. The van der Waals surface area contributed by atoms with E-state index in [4.69, 9.17) is 13.9 Å². The molecule has 10 heteroatoms. The van der Waals surface area contributed by atoms with E-state index in [1.165, 1.54) is 10.7 Å². The molecule has 0 saturated heterocycles. The van der Waals surface area contributed by atoms with Gasteiger partial charge in [0.2, 0.25) is 0 Å². The molecular formula is C21H22F3N3O4. The van der Waals surface area contributed by atoms with Gasteiger partial charge in [0, 0.05) is 18.8 Å². The van der Waals surface area contributed by atoms with Gasteiger partial charge in [-0.2, -0.15) is 18.3 Å². The van der Waals surface area contributed by atoms with Gasteiger partial charge in [0.05, 0.1) is 7.11 Å². The average Bonchev–Trinajstić information content (AvgIpc) is 3.36. The zero-order valence-corrected chi connectivity index (χ0v) is 17.0. The van der Waals surface area contributed by atoms with Crippen LogP contribution in [0.15, 0.2) is 46.9 Å². The Bertz CT molecular complexity index is 1010. The molecule has 0 saturated carbocycles. The molecule has 0 atom stereocenters. The predicted molar refractivity (Wildman–Crippen MR) is 105 cm³/mol. The summed E-state index contributed by atoms with van der Waals surface area (Å²) < 4.78 is 55.5. The van der Waals surface area contributed by atoms with Gasteiger partial charge in [-0.1, -0.05) is 0 Å². The van der Waals surface area contributed by atoms with Crippen molar-refractivity contribution in [3.63, 3.8) is 0 Å². The van der Waals surface area contributed by atoms with Crippen molar-refractivity contribution in [3.8, 4) is 11.5 Å². The Morgan fingerprint density at radius 2 is 1.87 bits per heavy atom. The number of alkyl halides is 3. The Balaban J connectivity index is 1.43. The predicted octanol–water partition coefficient (Wildman–Crippen LogP) is 4.21. The molecule has 0 bridgehead atoms. The fourth-order valence-corrected chi connectivity index (χ4v) is 2.80. The lowest BCUT2D eigenvalue weighted by molar-refractivity contribution is -0.141. The summed E-state index contributed by atoms with van der Waals surface area (Å²) in [6.45, 7) is 2.22. The largest absolute Gasteiger partial charge is 0.497 e. The van der Waals surface area contributed by atoms with Gasteiger partial charge in [-0.3, -0.25) is 9.48 Å². The molecule has 0 aliphatic rings. The highest BCUT2D eigenvalue weighted by Gasteiger charge is 2.34. The van der Waals surface area contributed by atoms with Gasteiger partial charge in [-0.05, 0) is 55.8 Å². The van der Waals surface area contributed by atoms with Crippen LogP contribution in [0.3, 0.4) is 0 Å². The number of nitrogens with zero attached hydrogens (tertiary/aromatic N) is 2. The first-order valence-electron chi connectivity index (χ1n) is 9.51. The third-order valence-electron chi connectivity index (χ3n) is 4.43. The standard InChI is InChI=1S/C21H22F3N3O4/c1-14-12-19(21(22,23)24)26-27(14)11-3-10-25-20(28)18-9-8-17(31-18)13-30-16-6-4-15(29-2)5-7-16/h4-9,12H,3,10-11,13H2,1-2H3,(H,25,28). The number of amides is 1. The molecule has 3 rings (SSSR count). The van der Waals surface area contributed by atoms with E-state index >= 15 is 0 Å². The van der Waals surface area contributed by atoms with Gasteiger partial charge in [0.1, 0.15) is 23.9 Å².